The number of para-hydroxylation sites is 2. The lowest BCUT2D eigenvalue weighted by molar-refractivity contribution is -0.116. The van der Waals surface area contributed by atoms with E-state index >= 15 is 0 Å². The number of hydrogen-bond donors (Lipinski definition) is 1. The van der Waals surface area contributed by atoms with Gasteiger partial charge in [0.05, 0.1) is 37.6 Å². The Bertz CT molecular complexity index is 709. The van der Waals surface area contributed by atoms with Crippen molar-refractivity contribution in [1.29, 1.82) is 0 Å². The van der Waals surface area contributed by atoms with Gasteiger partial charge >= 0.3 is 0 Å². The minimum Gasteiger partial charge on any atom is -0.493 e. The van der Waals surface area contributed by atoms with E-state index in [9.17, 15) is 4.79 Å². The topological polar surface area (TPSA) is 50.8 Å². The number of rotatable bonds is 7. The molecule has 0 saturated carbocycles. The lowest BCUT2D eigenvalue weighted by Crippen LogP contribution is -2.36. The summed E-state index contributed by atoms with van der Waals surface area (Å²) in [6.07, 6.45) is 1.32. The van der Waals surface area contributed by atoms with E-state index in [1.165, 1.54) is 5.56 Å². The number of benzene rings is 2. The predicted molar refractivity (Wildman–Crippen MR) is 104 cm³/mol. The first-order valence-corrected chi connectivity index (χ1v) is 9.19. The molecule has 1 amide bonds. The highest BCUT2D eigenvalue weighted by atomic mass is 16.5. The number of amides is 1. The zero-order valence-electron chi connectivity index (χ0n) is 15.2. The summed E-state index contributed by atoms with van der Waals surface area (Å²) in [6.45, 7) is 5.58. The van der Waals surface area contributed by atoms with Gasteiger partial charge in [0.15, 0.2) is 0 Å². The monoisotopic (exact) mass is 354 g/mol. The van der Waals surface area contributed by atoms with Crippen molar-refractivity contribution >= 4 is 17.3 Å². The molecule has 0 aromatic heterocycles. The first kappa shape index (κ1) is 18.3. The Kier molecular flexibility index (Phi) is 6.50. The second-order valence-corrected chi connectivity index (χ2v) is 6.26. The van der Waals surface area contributed by atoms with Gasteiger partial charge in [0.25, 0.3) is 0 Å². The molecule has 1 N–H and O–H groups in total. The normalized spacial score (nSPS) is 14.1. The first-order chi connectivity index (χ1) is 12.8. The Hall–Kier alpha value is -2.53. The van der Waals surface area contributed by atoms with Crippen molar-refractivity contribution in [3.8, 4) is 5.75 Å². The molecule has 2 aromatic rings. The molecule has 1 aliphatic heterocycles. The predicted octanol–water partition coefficient (Wildman–Crippen LogP) is 3.49. The molecule has 138 valence electrons. The number of nitrogens with one attached hydrogen (secondary N) is 1. The number of hydrogen-bond acceptors (Lipinski definition) is 4. The molecular formula is C21H26N2O3. The van der Waals surface area contributed by atoms with Gasteiger partial charge in [-0.1, -0.05) is 31.2 Å². The molecule has 0 bridgehead atoms. The third-order valence-electron chi connectivity index (χ3n) is 4.46. The molecule has 5 nitrogen and oxygen atoms in total. The fourth-order valence-electron chi connectivity index (χ4n) is 2.96. The molecule has 0 unspecified atom stereocenters. The lowest BCUT2D eigenvalue weighted by atomic mass is 10.2. The van der Waals surface area contributed by atoms with Gasteiger partial charge in [0.2, 0.25) is 5.91 Å². The number of carbonyl (C=O) groups is 1. The van der Waals surface area contributed by atoms with Crippen LogP contribution in [0.5, 0.6) is 5.75 Å². The minimum absolute atomic E-state index is 0.0455. The highest BCUT2D eigenvalue weighted by Gasteiger charge is 2.15. The molecule has 3 rings (SSSR count). The summed E-state index contributed by atoms with van der Waals surface area (Å²) in [5.41, 5.74) is 3.15. The summed E-state index contributed by atoms with van der Waals surface area (Å²) < 4.78 is 11.1. The van der Waals surface area contributed by atoms with E-state index in [0.717, 1.165) is 36.6 Å². The van der Waals surface area contributed by atoms with Gasteiger partial charge in [0.1, 0.15) is 5.75 Å². The highest BCUT2D eigenvalue weighted by Crippen LogP contribution is 2.26. The van der Waals surface area contributed by atoms with Crippen LogP contribution < -0.4 is 15.0 Å². The van der Waals surface area contributed by atoms with Crippen LogP contribution in [-0.2, 0) is 16.0 Å². The Labute approximate surface area is 154 Å². The molecule has 1 heterocycles. The van der Waals surface area contributed by atoms with Crippen LogP contribution in [0.25, 0.3) is 0 Å². The second kappa shape index (κ2) is 9.25. The number of anilines is 2. The van der Waals surface area contributed by atoms with Crippen molar-refractivity contribution in [2.75, 3.05) is 43.1 Å². The third kappa shape index (κ3) is 4.99. The maximum Gasteiger partial charge on any atom is 0.227 e. The van der Waals surface area contributed by atoms with Gasteiger partial charge in [0, 0.05) is 13.1 Å². The smallest absolute Gasteiger partial charge is 0.227 e. The summed E-state index contributed by atoms with van der Waals surface area (Å²) >= 11 is 0. The van der Waals surface area contributed by atoms with Gasteiger partial charge in [-0.2, -0.15) is 0 Å². The molecule has 0 atom stereocenters. The Morgan fingerprint density at radius 1 is 1.12 bits per heavy atom. The maximum atomic E-state index is 12.3. The summed E-state index contributed by atoms with van der Waals surface area (Å²) in [5.74, 6) is 0.750. The third-order valence-corrected chi connectivity index (χ3v) is 4.46. The van der Waals surface area contributed by atoms with Crippen LogP contribution in [0.1, 0.15) is 18.9 Å². The van der Waals surface area contributed by atoms with Crippen LogP contribution in [-0.4, -0.2) is 38.8 Å². The SMILES string of the molecule is CCc1ccc(OCCC(=O)Nc2ccccc2N2CCOCC2)cc1. The van der Waals surface area contributed by atoms with Gasteiger partial charge in [-0.05, 0) is 36.2 Å². The Balaban J connectivity index is 1.51. The summed E-state index contributed by atoms with van der Waals surface area (Å²) in [4.78, 5) is 14.5. The molecule has 0 radical (unpaired) electrons. The van der Waals surface area contributed by atoms with Crippen LogP contribution in [0, 0.1) is 0 Å². The average molecular weight is 354 g/mol. The van der Waals surface area contributed by atoms with Crippen LogP contribution in [0.4, 0.5) is 11.4 Å². The number of nitrogens with zero attached hydrogens (tertiary/aromatic N) is 1. The number of aryl methyl sites for hydroxylation is 1. The Morgan fingerprint density at radius 2 is 1.85 bits per heavy atom. The second-order valence-electron chi connectivity index (χ2n) is 6.26. The van der Waals surface area contributed by atoms with E-state index < -0.39 is 0 Å². The van der Waals surface area contributed by atoms with Crippen molar-refractivity contribution in [2.45, 2.75) is 19.8 Å². The highest BCUT2D eigenvalue weighted by molar-refractivity contribution is 5.94. The summed E-state index contributed by atoms with van der Waals surface area (Å²) in [7, 11) is 0. The van der Waals surface area contributed by atoms with E-state index in [1.54, 1.807) is 0 Å². The fraction of sp³-hybridized carbons (Fsp3) is 0.381. The largest absolute Gasteiger partial charge is 0.493 e. The fourth-order valence-corrected chi connectivity index (χ4v) is 2.96. The van der Waals surface area contributed by atoms with Gasteiger partial charge in [-0.15, -0.1) is 0 Å². The van der Waals surface area contributed by atoms with E-state index in [-0.39, 0.29) is 5.91 Å². The van der Waals surface area contributed by atoms with Crippen LogP contribution >= 0.6 is 0 Å². The standard InChI is InChI=1S/C21H26N2O3/c1-2-17-7-9-18(10-8-17)26-14-11-21(24)22-19-5-3-4-6-20(19)23-12-15-25-16-13-23/h3-10H,2,11-16H2,1H3,(H,22,24). The van der Waals surface area contributed by atoms with Crippen LogP contribution in [0.3, 0.4) is 0 Å². The van der Waals surface area contributed by atoms with Crippen molar-refractivity contribution in [2.24, 2.45) is 0 Å². The van der Waals surface area contributed by atoms with Crippen LogP contribution in [0.2, 0.25) is 0 Å². The Morgan fingerprint density at radius 3 is 2.58 bits per heavy atom. The molecule has 0 aliphatic carbocycles. The molecule has 0 spiro atoms. The number of ether oxygens (including phenoxy) is 2. The molecular weight excluding hydrogens is 328 g/mol. The summed E-state index contributed by atoms with van der Waals surface area (Å²) in [5, 5.41) is 3.01. The van der Waals surface area contributed by atoms with E-state index in [4.69, 9.17) is 9.47 Å². The molecule has 1 fully saturated rings. The van der Waals surface area contributed by atoms with Gasteiger partial charge in [-0.25, -0.2) is 0 Å². The molecule has 1 aliphatic rings. The first-order valence-electron chi connectivity index (χ1n) is 9.19. The molecule has 26 heavy (non-hydrogen) atoms. The van der Waals surface area contributed by atoms with Crippen molar-refractivity contribution in [3.63, 3.8) is 0 Å². The quantitative estimate of drug-likeness (QED) is 0.827. The number of morpholine rings is 1. The zero-order chi connectivity index (χ0) is 18.2. The minimum atomic E-state index is -0.0455. The van der Waals surface area contributed by atoms with Gasteiger partial charge in [-0.3, -0.25) is 4.79 Å². The molecule has 1 saturated heterocycles. The van der Waals surface area contributed by atoms with Gasteiger partial charge < -0.3 is 19.7 Å². The van der Waals surface area contributed by atoms with E-state index in [1.807, 2.05) is 48.5 Å². The maximum absolute atomic E-state index is 12.3. The summed E-state index contributed by atoms with van der Waals surface area (Å²) in [6, 6.07) is 15.9. The van der Waals surface area contributed by atoms with Crippen molar-refractivity contribution in [1.82, 2.24) is 0 Å². The molecule has 2 aromatic carbocycles. The van der Waals surface area contributed by atoms with Crippen molar-refractivity contribution < 1.29 is 14.3 Å². The van der Waals surface area contributed by atoms with E-state index in [2.05, 4.69) is 17.1 Å². The zero-order valence-corrected chi connectivity index (χ0v) is 15.2. The average Bonchev–Trinajstić information content (AvgIpc) is 2.69. The van der Waals surface area contributed by atoms with Crippen molar-refractivity contribution in [3.05, 3.63) is 54.1 Å². The number of carbonyl (C=O) groups excluding carboxylic acids is 1. The van der Waals surface area contributed by atoms with Crippen LogP contribution in [0.15, 0.2) is 48.5 Å². The van der Waals surface area contributed by atoms with E-state index in [0.29, 0.717) is 26.2 Å². The molecule has 5 heteroatoms. The lowest BCUT2D eigenvalue weighted by Gasteiger charge is -2.30.